The quantitative estimate of drug-likeness (QED) is 0.669. The number of rotatable bonds is 7. The van der Waals surface area contributed by atoms with Crippen molar-refractivity contribution < 1.29 is 27.5 Å². The molecule has 0 saturated heterocycles. The van der Waals surface area contributed by atoms with Crippen molar-refractivity contribution in [2.45, 2.75) is 31.2 Å². The molecule has 2 bridgehead atoms. The molecule has 8 heteroatoms. The van der Waals surface area contributed by atoms with E-state index in [1.165, 1.54) is 18.2 Å². The number of nitrogens with one attached hydrogen (secondary N) is 1. The average Bonchev–Trinajstić information content (AvgIpc) is 2.59. The Kier molecular flexibility index (Phi) is 4.81. The standard InChI is InChI=1S/C21H17ClF3NO3/c22-13-5-4-12(6-16(13)25)29-8-18(28)26-21-9-20(10-21,11-21)7-17(27)19-14(23)2-1-3-15(19)24/h1-6H,7-11H2,(H,26,28). The molecule has 3 saturated carbocycles. The molecule has 29 heavy (non-hydrogen) atoms. The number of benzene rings is 2. The van der Waals surface area contributed by atoms with E-state index in [2.05, 4.69) is 5.32 Å². The van der Waals surface area contributed by atoms with Crippen LogP contribution < -0.4 is 10.1 Å². The fourth-order valence-electron chi connectivity index (χ4n) is 4.56. The molecule has 0 radical (unpaired) electrons. The fraction of sp³-hybridized carbons (Fsp3) is 0.333. The van der Waals surface area contributed by atoms with Gasteiger partial charge in [-0.3, -0.25) is 9.59 Å². The highest BCUT2D eigenvalue weighted by atomic mass is 35.5. The summed E-state index contributed by atoms with van der Waals surface area (Å²) in [6.07, 6.45) is 1.76. The summed E-state index contributed by atoms with van der Waals surface area (Å²) in [5.41, 5.74) is -1.22. The molecule has 1 amide bonds. The van der Waals surface area contributed by atoms with Crippen LogP contribution in [0.25, 0.3) is 0 Å². The van der Waals surface area contributed by atoms with Crippen molar-refractivity contribution in [3.05, 3.63) is 64.4 Å². The van der Waals surface area contributed by atoms with Crippen LogP contribution in [0.2, 0.25) is 5.02 Å². The first kappa shape index (κ1) is 19.8. The predicted molar refractivity (Wildman–Crippen MR) is 99.4 cm³/mol. The molecule has 2 aromatic rings. The average molecular weight is 424 g/mol. The Morgan fingerprint density at radius 2 is 1.69 bits per heavy atom. The molecular formula is C21H17ClF3NO3. The number of carbonyl (C=O) groups excluding carboxylic acids is 2. The van der Waals surface area contributed by atoms with E-state index in [1.807, 2.05) is 0 Å². The van der Waals surface area contributed by atoms with E-state index in [1.54, 1.807) is 0 Å². The van der Waals surface area contributed by atoms with E-state index < -0.39 is 34.3 Å². The number of hydrogen-bond donors (Lipinski definition) is 1. The van der Waals surface area contributed by atoms with Crippen molar-refractivity contribution in [3.8, 4) is 5.75 Å². The van der Waals surface area contributed by atoms with Crippen LogP contribution >= 0.6 is 11.6 Å². The Labute approximate surface area is 170 Å². The Bertz CT molecular complexity index is 971. The predicted octanol–water partition coefficient (Wildman–Crippen LogP) is 4.45. The van der Waals surface area contributed by atoms with Crippen LogP contribution in [0.1, 0.15) is 36.0 Å². The minimum Gasteiger partial charge on any atom is -0.484 e. The largest absolute Gasteiger partial charge is 0.484 e. The molecule has 0 aliphatic heterocycles. The Hall–Kier alpha value is -2.54. The van der Waals surface area contributed by atoms with Gasteiger partial charge in [0.25, 0.3) is 5.91 Å². The minimum atomic E-state index is -0.861. The van der Waals surface area contributed by atoms with Gasteiger partial charge in [-0.2, -0.15) is 0 Å². The Morgan fingerprint density at radius 3 is 2.31 bits per heavy atom. The summed E-state index contributed by atoms with van der Waals surface area (Å²) >= 11 is 5.59. The van der Waals surface area contributed by atoms with Crippen LogP contribution in [-0.2, 0) is 4.79 Å². The zero-order chi connectivity index (χ0) is 20.8. The van der Waals surface area contributed by atoms with Crippen molar-refractivity contribution in [2.75, 3.05) is 6.61 Å². The van der Waals surface area contributed by atoms with Gasteiger partial charge in [0.05, 0.1) is 10.6 Å². The smallest absolute Gasteiger partial charge is 0.258 e. The van der Waals surface area contributed by atoms with Crippen molar-refractivity contribution >= 4 is 23.3 Å². The normalized spacial score (nSPS) is 24.3. The molecule has 152 valence electrons. The molecule has 0 heterocycles. The third-order valence-corrected chi connectivity index (χ3v) is 5.89. The van der Waals surface area contributed by atoms with Gasteiger partial charge in [-0.1, -0.05) is 17.7 Å². The molecule has 3 fully saturated rings. The first-order valence-corrected chi connectivity index (χ1v) is 9.45. The number of ether oxygens (including phenoxy) is 1. The van der Waals surface area contributed by atoms with E-state index in [-0.39, 0.29) is 35.1 Å². The van der Waals surface area contributed by atoms with Gasteiger partial charge < -0.3 is 10.1 Å². The SMILES string of the molecule is O=C(COc1ccc(Cl)c(F)c1)NC12CC(CC(=O)c3c(F)cccc3F)(C1)C2. The van der Waals surface area contributed by atoms with Crippen molar-refractivity contribution in [2.24, 2.45) is 5.41 Å². The topological polar surface area (TPSA) is 55.4 Å². The zero-order valence-corrected chi connectivity index (χ0v) is 16.0. The lowest BCUT2D eigenvalue weighted by atomic mass is 9.38. The molecular weight excluding hydrogens is 407 g/mol. The van der Waals surface area contributed by atoms with Gasteiger partial charge in [-0.25, -0.2) is 13.2 Å². The monoisotopic (exact) mass is 423 g/mol. The van der Waals surface area contributed by atoms with E-state index in [9.17, 15) is 22.8 Å². The number of carbonyl (C=O) groups is 2. The Balaban J connectivity index is 1.27. The van der Waals surface area contributed by atoms with Gasteiger partial charge in [0.15, 0.2) is 12.4 Å². The van der Waals surface area contributed by atoms with Gasteiger partial charge in [0.2, 0.25) is 0 Å². The number of amides is 1. The summed E-state index contributed by atoms with van der Waals surface area (Å²) in [5, 5.41) is 2.84. The van der Waals surface area contributed by atoms with Crippen LogP contribution in [-0.4, -0.2) is 23.8 Å². The molecule has 0 atom stereocenters. The van der Waals surface area contributed by atoms with Crippen LogP contribution in [0.3, 0.4) is 0 Å². The number of hydrogen-bond acceptors (Lipinski definition) is 3. The third kappa shape index (κ3) is 3.71. The molecule has 0 spiro atoms. The van der Waals surface area contributed by atoms with Gasteiger partial charge in [0.1, 0.15) is 23.2 Å². The molecule has 0 unspecified atom stereocenters. The molecule has 0 aromatic heterocycles. The van der Waals surface area contributed by atoms with Gasteiger partial charge >= 0.3 is 0 Å². The highest BCUT2D eigenvalue weighted by Crippen LogP contribution is 2.69. The van der Waals surface area contributed by atoms with Gasteiger partial charge in [-0.05, 0) is 48.9 Å². The molecule has 3 aliphatic carbocycles. The summed E-state index contributed by atoms with van der Waals surface area (Å²) < 4.78 is 46.2. The van der Waals surface area contributed by atoms with Crippen molar-refractivity contribution in [1.82, 2.24) is 5.32 Å². The lowest BCUT2D eigenvalue weighted by molar-refractivity contribution is -0.164. The van der Waals surface area contributed by atoms with Gasteiger partial charge in [-0.15, -0.1) is 0 Å². The van der Waals surface area contributed by atoms with Crippen molar-refractivity contribution in [3.63, 3.8) is 0 Å². The van der Waals surface area contributed by atoms with E-state index in [0.29, 0.717) is 19.3 Å². The number of halogens is 4. The van der Waals surface area contributed by atoms with Crippen LogP contribution in [0.4, 0.5) is 13.2 Å². The maximum absolute atomic E-state index is 13.8. The van der Waals surface area contributed by atoms with Crippen molar-refractivity contribution in [1.29, 1.82) is 0 Å². The summed E-state index contributed by atoms with van der Waals surface area (Å²) in [7, 11) is 0. The Morgan fingerprint density at radius 1 is 1.03 bits per heavy atom. The molecule has 1 N–H and O–H groups in total. The highest BCUT2D eigenvalue weighted by Gasteiger charge is 2.68. The van der Waals surface area contributed by atoms with E-state index in [4.69, 9.17) is 16.3 Å². The molecule has 5 rings (SSSR count). The molecule has 4 nitrogen and oxygen atoms in total. The second kappa shape index (κ2) is 7.06. The second-order valence-electron chi connectivity index (χ2n) is 7.92. The summed E-state index contributed by atoms with van der Waals surface area (Å²) in [5.74, 6) is -3.09. The van der Waals surface area contributed by atoms with Gasteiger partial charge in [0, 0.05) is 18.0 Å². The van der Waals surface area contributed by atoms with E-state index in [0.717, 1.165) is 18.2 Å². The lowest BCUT2D eigenvalue weighted by Gasteiger charge is -2.70. The van der Waals surface area contributed by atoms with E-state index >= 15 is 0 Å². The minimum absolute atomic E-state index is 0.0363. The first-order chi connectivity index (χ1) is 13.7. The fourth-order valence-corrected chi connectivity index (χ4v) is 4.68. The molecule has 3 aliphatic rings. The summed E-state index contributed by atoms with van der Waals surface area (Å²) in [4.78, 5) is 24.4. The third-order valence-electron chi connectivity index (χ3n) is 5.58. The van der Waals surface area contributed by atoms with Crippen LogP contribution in [0.5, 0.6) is 5.75 Å². The zero-order valence-electron chi connectivity index (χ0n) is 15.2. The second-order valence-corrected chi connectivity index (χ2v) is 8.33. The van der Waals surface area contributed by atoms with Crippen LogP contribution in [0.15, 0.2) is 36.4 Å². The lowest BCUT2D eigenvalue weighted by Crippen LogP contribution is -2.75. The first-order valence-electron chi connectivity index (χ1n) is 9.07. The number of ketones is 1. The molecule has 2 aromatic carbocycles. The highest BCUT2D eigenvalue weighted by molar-refractivity contribution is 6.30. The maximum atomic E-state index is 13.8. The number of Topliss-reactive ketones (excluding diaryl/α,β-unsaturated/α-hetero) is 1. The summed E-state index contributed by atoms with van der Waals surface area (Å²) in [6.45, 7) is -0.283. The summed E-state index contributed by atoms with van der Waals surface area (Å²) in [6, 6.07) is 7.23. The van der Waals surface area contributed by atoms with Crippen LogP contribution in [0, 0.1) is 22.9 Å². The maximum Gasteiger partial charge on any atom is 0.258 e.